The summed E-state index contributed by atoms with van der Waals surface area (Å²) in [5.41, 5.74) is 5.00. The Morgan fingerprint density at radius 3 is 2.74 bits per heavy atom. The number of hydrogen-bond acceptors (Lipinski definition) is 7. The molecule has 0 bridgehead atoms. The van der Waals surface area contributed by atoms with Gasteiger partial charge in [0.2, 0.25) is 5.91 Å². The highest BCUT2D eigenvalue weighted by Crippen LogP contribution is 2.15. The third kappa shape index (κ3) is 6.46. The van der Waals surface area contributed by atoms with E-state index in [1.807, 2.05) is 30.3 Å². The highest BCUT2D eigenvalue weighted by atomic mass is 79.9. The Morgan fingerprint density at radius 1 is 1.18 bits per heavy atom. The van der Waals surface area contributed by atoms with Crippen molar-refractivity contribution >= 4 is 38.8 Å². The number of benzene rings is 2. The van der Waals surface area contributed by atoms with E-state index in [1.54, 1.807) is 24.4 Å². The Labute approximate surface area is 204 Å². The van der Waals surface area contributed by atoms with Crippen LogP contribution in [0.25, 0.3) is 10.9 Å². The average molecular weight is 527 g/mol. The quantitative estimate of drug-likeness (QED) is 0.333. The van der Waals surface area contributed by atoms with Crippen LogP contribution < -0.4 is 16.1 Å². The summed E-state index contributed by atoms with van der Waals surface area (Å²) < 4.78 is 6.02. The number of para-hydroxylation sites is 1. The highest BCUT2D eigenvalue weighted by Gasteiger charge is 2.24. The van der Waals surface area contributed by atoms with Gasteiger partial charge < -0.3 is 20.5 Å². The Bertz CT molecular complexity index is 1200. The molecule has 0 saturated carbocycles. The van der Waals surface area contributed by atoms with Gasteiger partial charge in [0.25, 0.3) is 0 Å². The summed E-state index contributed by atoms with van der Waals surface area (Å²) in [7, 11) is 0. The molecule has 0 radical (unpaired) electrons. The lowest BCUT2D eigenvalue weighted by Gasteiger charge is -2.19. The Hall–Kier alpha value is -3.63. The molecule has 4 rings (SSSR count). The monoisotopic (exact) mass is 526 g/mol. The van der Waals surface area contributed by atoms with Crippen molar-refractivity contribution in [2.45, 2.75) is 25.2 Å². The van der Waals surface area contributed by atoms with Crippen molar-refractivity contribution in [2.75, 3.05) is 6.54 Å². The molecule has 0 fully saturated rings. The molecule has 2 heterocycles. The smallest absolute Gasteiger partial charge is 0.408 e. The third-order valence-electron chi connectivity index (χ3n) is 5.12. The van der Waals surface area contributed by atoms with Crippen molar-refractivity contribution in [1.82, 2.24) is 21.1 Å². The Kier molecular flexibility index (Phi) is 7.61. The lowest BCUT2D eigenvalue weighted by Crippen LogP contribution is -2.49. The molecule has 2 amide bonds. The molecule has 0 aliphatic carbocycles. The van der Waals surface area contributed by atoms with Crippen LogP contribution in [0.4, 0.5) is 4.79 Å². The summed E-state index contributed by atoms with van der Waals surface area (Å²) in [6.45, 7) is 0.226. The summed E-state index contributed by atoms with van der Waals surface area (Å²) >= 11 is 3.26. The lowest BCUT2D eigenvalue weighted by molar-refractivity contribution is -0.123. The van der Waals surface area contributed by atoms with Crippen molar-refractivity contribution in [3.63, 3.8) is 0 Å². The molecule has 34 heavy (non-hydrogen) atoms. The van der Waals surface area contributed by atoms with E-state index in [2.05, 4.69) is 37.0 Å². The molecule has 1 aliphatic heterocycles. The number of rotatable bonds is 8. The number of carbonyl (C=O) groups excluding carboxylic acids is 2. The zero-order chi connectivity index (χ0) is 23.9. The van der Waals surface area contributed by atoms with Crippen molar-refractivity contribution in [1.29, 1.82) is 0 Å². The highest BCUT2D eigenvalue weighted by molar-refractivity contribution is 9.11. The van der Waals surface area contributed by atoms with Gasteiger partial charge in [-0.05, 0) is 51.8 Å². The number of aromatic hydroxyl groups is 1. The summed E-state index contributed by atoms with van der Waals surface area (Å²) in [5.74, 6) is -0.276. The van der Waals surface area contributed by atoms with Gasteiger partial charge >= 0.3 is 6.09 Å². The standard InChI is InChI=1S/C24H23BrN4O5/c25-22-11-19(34-29-22)13-27-23(31)21(10-15-5-7-18(30)8-6-15)28-24(32)33-14-16-9-17-3-1-2-4-20(17)26-12-16/h1-9,11-12,19,21,29-30H,10,13-14H2,(H,27,31)(H,28,32)/t19-,21?/m1/s1. The first-order chi connectivity index (χ1) is 16.5. The summed E-state index contributed by atoms with van der Waals surface area (Å²) in [6.07, 6.45) is 2.56. The van der Waals surface area contributed by atoms with Crippen molar-refractivity contribution in [3.05, 3.63) is 82.6 Å². The molecule has 10 heteroatoms. The van der Waals surface area contributed by atoms with Crippen LogP contribution in [0, 0.1) is 0 Å². The number of fused-ring (bicyclic) bond motifs is 1. The van der Waals surface area contributed by atoms with Gasteiger partial charge in [0.1, 0.15) is 29.1 Å². The molecule has 3 aromatic rings. The van der Waals surface area contributed by atoms with Crippen LogP contribution in [0.1, 0.15) is 11.1 Å². The van der Waals surface area contributed by atoms with Crippen LogP contribution in [-0.4, -0.2) is 40.8 Å². The van der Waals surface area contributed by atoms with Crippen LogP contribution in [0.2, 0.25) is 0 Å². The van der Waals surface area contributed by atoms with E-state index in [9.17, 15) is 14.7 Å². The normalized spacial score (nSPS) is 15.8. The van der Waals surface area contributed by atoms with Crippen molar-refractivity contribution < 1.29 is 24.3 Å². The minimum Gasteiger partial charge on any atom is -0.508 e. The van der Waals surface area contributed by atoms with Gasteiger partial charge in [-0.2, -0.15) is 0 Å². The minimum atomic E-state index is -0.895. The molecule has 0 saturated heterocycles. The van der Waals surface area contributed by atoms with Crippen LogP contribution >= 0.6 is 15.9 Å². The maximum absolute atomic E-state index is 12.9. The summed E-state index contributed by atoms with van der Waals surface area (Å²) in [5, 5.41) is 15.9. The van der Waals surface area contributed by atoms with Gasteiger partial charge in [0.05, 0.1) is 12.1 Å². The van der Waals surface area contributed by atoms with Crippen LogP contribution in [-0.2, 0) is 27.4 Å². The first kappa shape index (κ1) is 23.5. The molecule has 0 spiro atoms. The number of phenols is 1. The van der Waals surface area contributed by atoms with Gasteiger partial charge in [-0.1, -0.05) is 30.3 Å². The van der Waals surface area contributed by atoms with Crippen LogP contribution in [0.5, 0.6) is 5.75 Å². The molecular weight excluding hydrogens is 504 g/mol. The van der Waals surface area contributed by atoms with E-state index < -0.39 is 18.0 Å². The number of ether oxygens (including phenoxy) is 1. The fraction of sp³-hybridized carbons (Fsp3) is 0.208. The first-order valence-electron chi connectivity index (χ1n) is 10.6. The molecule has 2 aromatic carbocycles. The Morgan fingerprint density at radius 2 is 1.97 bits per heavy atom. The van der Waals surface area contributed by atoms with E-state index >= 15 is 0 Å². The van der Waals surface area contributed by atoms with E-state index in [1.165, 1.54) is 12.1 Å². The summed E-state index contributed by atoms with van der Waals surface area (Å²) in [4.78, 5) is 35.0. The van der Waals surface area contributed by atoms with E-state index in [4.69, 9.17) is 9.57 Å². The first-order valence-corrected chi connectivity index (χ1v) is 11.4. The van der Waals surface area contributed by atoms with Gasteiger partial charge in [-0.15, -0.1) is 0 Å². The van der Waals surface area contributed by atoms with Gasteiger partial charge in [-0.25, -0.2) is 4.79 Å². The molecule has 2 atom stereocenters. The number of aromatic nitrogens is 1. The topological polar surface area (TPSA) is 122 Å². The second-order valence-corrected chi connectivity index (χ2v) is 8.55. The maximum Gasteiger partial charge on any atom is 0.408 e. The number of hydroxylamine groups is 1. The van der Waals surface area contributed by atoms with E-state index in [0.29, 0.717) is 4.61 Å². The second kappa shape index (κ2) is 11.0. The molecule has 1 aromatic heterocycles. The molecule has 9 nitrogen and oxygen atoms in total. The minimum absolute atomic E-state index is 0.0115. The predicted molar refractivity (Wildman–Crippen MR) is 129 cm³/mol. The third-order valence-corrected chi connectivity index (χ3v) is 5.55. The lowest BCUT2D eigenvalue weighted by atomic mass is 10.1. The number of nitrogens with zero attached hydrogens (tertiary/aromatic N) is 1. The molecule has 176 valence electrons. The van der Waals surface area contributed by atoms with E-state index in [0.717, 1.165) is 22.0 Å². The number of halogens is 1. The van der Waals surface area contributed by atoms with Crippen LogP contribution in [0.15, 0.2) is 71.5 Å². The number of nitrogens with one attached hydrogen (secondary N) is 3. The molecule has 1 aliphatic rings. The number of carbonyl (C=O) groups is 2. The SMILES string of the molecule is O=C(NC(Cc1ccc(O)cc1)C(=O)NC[C@H]1C=C(Br)NO1)OCc1cnc2ccccc2c1. The van der Waals surface area contributed by atoms with Gasteiger partial charge in [0.15, 0.2) is 0 Å². The maximum atomic E-state index is 12.9. The fourth-order valence-corrected chi connectivity index (χ4v) is 3.78. The van der Waals surface area contributed by atoms with Gasteiger partial charge in [0, 0.05) is 23.6 Å². The van der Waals surface area contributed by atoms with E-state index in [-0.39, 0.29) is 31.4 Å². The number of phenolic OH excluding ortho intramolecular Hbond substituents is 1. The van der Waals surface area contributed by atoms with Crippen molar-refractivity contribution in [2.24, 2.45) is 0 Å². The molecule has 1 unspecified atom stereocenters. The summed E-state index contributed by atoms with van der Waals surface area (Å²) in [6, 6.07) is 15.1. The number of amides is 2. The fourth-order valence-electron chi connectivity index (χ4n) is 3.39. The van der Waals surface area contributed by atoms with Crippen LogP contribution in [0.3, 0.4) is 0 Å². The largest absolute Gasteiger partial charge is 0.508 e. The number of pyridine rings is 1. The predicted octanol–water partition coefficient (Wildman–Crippen LogP) is 3.03. The van der Waals surface area contributed by atoms with Crippen molar-refractivity contribution in [3.8, 4) is 5.75 Å². The number of alkyl carbamates (subject to hydrolysis) is 1. The zero-order valence-corrected chi connectivity index (χ0v) is 19.6. The van der Waals surface area contributed by atoms with Gasteiger partial charge in [-0.3, -0.25) is 20.1 Å². The second-order valence-electron chi connectivity index (χ2n) is 7.70. The number of hydrogen-bond donors (Lipinski definition) is 4. The average Bonchev–Trinajstić information content (AvgIpc) is 3.27. The zero-order valence-electron chi connectivity index (χ0n) is 18.0. The Balaban J connectivity index is 1.37. The molecule has 4 N–H and O–H groups in total. The molecular formula is C24H23BrN4O5.